The molecule has 5 nitrogen and oxygen atoms in total. The van der Waals surface area contributed by atoms with Crippen LogP contribution < -0.4 is 10.6 Å². The number of carbonyl (C=O) groups is 1. The van der Waals surface area contributed by atoms with Gasteiger partial charge in [0.1, 0.15) is 11.4 Å². The number of benzene rings is 1. The lowest BCUT2D eigenvalue weighted by Gasteiger charge is -2.17. The van der Waals surface area contributed by atoms with Crippen LogP contribution in [0.25, 0.3) is 0 Å². The predicted octanol–water partition coefficient (Wildman–Crippen LogP) is 1.59. The van der Waals surface area contributed by atoms with Crippen molar-refractivity contribution >= 4 is 17.3 Å². The summed E-state index contributed by atoms with van der Waals surface area (Å²) in [5, 5.41) is 9.41. The number of aromatic nitrogens is 1. The molecular weight excluding hydrogens is 230 g/mol. The Morgan fingerprint density at radius 1 is 1.39 bits per heavy atom. The zero-order valence-electron chi connectivity index (χ0n) is 10.3. The number of hydrogen-bond donors (Lipinski definition) is 2. The predicted molar refractivity (Wildman–Crippen MR) is 70.7 cm³/mol. The number of amides is 1. The van der Waals surface area contributed by atoms with Gasteiger partial charge in [-0.2, -0.15) is 0 Å². The Morgan fingerprint density at radius 3 is 2.67 bits per heavy atom. The van der Waals surface area contributed by atoms with Gasteiger partial charge in [-0.1, -0.05) is 6.07 Å². The molecule has 3 N–H and O–H groups in total. The van der Waals surface area contributed by atoms with Crippen molar-refractivity contribution in [3.8, 4) is 5.75 Å². The summed E-state index contributed by atoms with van der Waals surface area (Å²) in [5.41, 5.74) is 7.32. The smallest absolute Gasteiger partial charge is 0.274 e. The van der Waals surface area contributed by atoms with E-state index in [4.69, 9.17) is 5.73 Å². The average Bonchev–Trinajstić information content (AvgIpc) is 2.66. The average molecular weight is 245 g/mol. The maximum Gasteiger partial charge on any atom is 0.274 e. The van der Waals surface area contributed by atoms with Crippen LogP contribution >= 0.6 is 0 Å². The summed E-state index contributed by atoms with van der Waals surface area (Å²) >= 11 is 0. The number of rotatable bonds is 2. The van der Waals surface area contributed by atoms with Gasteiger partial charge in [-0.25, -0.2) is 0 Å². The molecular formula is C13H15N3O2. The highest BCUT2D eigenvalue weighted by atomic mass is 16.3. The lowest BCUT2D eigenvalue weighted by Crippen LogP contribution is -2.27. The number of aromatic hydroxyl groups is 1. The highest BCUT2D eigenvalue weighted by Crippen LogP contribution is 2.21. The molecule has 18 heavy (non-hydrogen) atoms. The van der Waals surface area contributed by atoms with E-state index in [0.717, 1.165) is 0 Å². The minimum atomic E-state index is -0.181. The summed E-state index contributed by atoms with van der Waals surface area (Å²) in [6.07, 6.45) is 1.68. The van der Waals surface area contributed by atoms with Crippen LogP contribution in [0.5, 0.6) is 5.75 Å². The first-order chi connectivity index (χ1) is 8.49. The van der Waals surface area contributed by atoms with E-state index in [1.807, 2.05) is 0 Å². The van der Waals surface area contributed by atoms with E-state index >= 15 is 0 Å². The first-order valence-electron chi connectivity index (χ1n) is 5.48. The summed E-state index contributed by atoms with van der Waals surface area (Å²) in [6, 6.07) is 8.16. The SMILES string of the molecule is CN(C(=O)c1cc(N)cn1C)c1cccc(O)c1. The highest BCUT2D eigenvalue weighted by Gasteiger charge is 2.17. The molecule has 0 fully saturated rings. The molecule has 0 aliphatic heterocycles. The van der Waals surface area contributed by atoms with Gasteiger partial charge in [-0.05, 0) is 18.2 Å². The minimum Gasteiger partial charge on any atom is -0.508 e. The van der Waals surface area contributed by atoms with Crippen molar-refractivity contribution in [1.82, 2.24) is 4.57 Å². The third-order valence-electron chi connectivity index (χ3n) is 2.77. The lowest BCUT2D eigenvalue weighted by atomic mass is 10.2. The Hall–Kier alpha value is -2.43. The third-order valence-corrected chi connectivity index (χ3v) is 2.77. The normalized spacial score (nSPS) is 10.3. The number of carbonyl (C=O) groups excluding carboxylic acids is 1. The fourth-order valence-corrected chi connectivity index (χ4v) is 1.79. The van der Waals surface area contributed by atoms with E-state index in [-0.39, 0.29) is 11.7 Å². The first-order valence-corrected chi connectivity index (χ1v) is 5.48. The van der Waals surface area contributed by atoms with E-state index < -0.39 is 0 Å². The maximum absolute atomic E-state index is 12.3. The molecule has 0 atom stereocenters. The molecule has 2 rings (SSSR count). The van der Waals surface area contributed by atoms with Crippen molar-refractivity contribution < 1.29 is 9.90 Å². The number of nitrogens with zero attached hydrogens (tertiary/aromatic N) is 2. The topological polar surface area (TPSA) is 71.5 Å². The van der Waals surface area contributed by atoms with Crippen LogP contribution in [0.1, 0.15) is 10.5 Å². The Bertz CT molecular complexity index is 590. The zero-order chi connectivity index (χ0) is 13.3. The van der Waals surface area contributed by atoms with Crippen molar-refractivity contribution in [2.45, 2.75) is 0 Å². The molecule has 0 saturated heterocycles. The Labute approximate surface area is 105 Å². The molecule has 5 heteroatoms. The van der Waals surface area contributed by atoms with Gasteiger partial charge >= 0.3 is 0 Å². The number of anilines is 2. The van der Waals surface area contributed by atoms with E-state index in [9.17, 15) is 9.90 Å². The molecule has 1 amide bonds. The van der Waals surface area contributed by atoms with E-state index in [2.05, 4.69) is 0 Å². The molecule has 1 aromatic heterocycles. The van der Waals surface area contributed by atoms with Crippen LogP contribution in [-0.2, 0) is 7.05 Å². The molecule has 0 aliphatic rings. The van der Waals surface area contributed by atoms with Gasteiger partial charge in [0.15, 0.2) is 0 Å². The Balaban J connectivity index is 2.32. The lowest BCUT2D eigenvalue weighted by molar-refractivity contribution is 0.0985. The molecule has 0 radical (unpaired) electrons. The Morgan fingerprint density at radius 2 is 2.11 bits per heavy atom. The fourth-order valence-electron chi connectivity index (χ4n) is 1.79. The second-order valence-corrected chi connectivity index (χ2v) is 4.15. The highest BCUT2D eigenvalue weighted by molar-refractivity contribution is 6.05. The fraction of sp³-hybridized carbons (Fsp3) is 0.154. The second kappa shape index (κ2) is 4.44. The van der Waals surface area contributed by atoms with Gasteiger partial charge in [0.05, 0.1) is 5.69 Å². The number of nitrogen functional groups attached to an aromatic ring is 1. The van der Waals surface area contributed by atoms with Crippen LogP contribution in [-0.4, -0.2) is 22.6 Å². The number of phenols is 1. The van der Waals surface area contributed by atoms with Gasteiger partial charge in [-0.15, -0.1) is 0 Å². The molecule has 1 aromatic carbocycles. The van der Waals surface area contributed by atoms with Gasteiger partial charge in [0.2, 0.25) is 0 Å². The second-order valence-electron chi connectivity index (χ2n) is 4.15. The maximum atomic E-state index is 12.3. The standard InChI is InChI=1S/C13H15N3O2/c1-15-8-9(14)6-12(15)13(18)16(2)10-4-3-5-11(17)7-10/h3-8,17H,14H2,1-2H3. The molecule has 0 unspecified atom stereocenters. The molecule has 0 saturated carbocycles. The number of phenolic OH excluding ortho intramolecular Hbond substituents is 1. The van der Waals surface area contributed by atoms with E-state index in [1.165, 1.54) is 11.0 Å². The van der Waals surface area contributed by atoms with Crippen LogP contribution in [0.4, 0.5) is 11.4 Å². The van der Waals surface area contributed by atoms with Crippen LogP contribution in [0.3, 0.4) is 0 Å². The van der Waals surface area contributed by atoms with Crippen molar-refractivity contribution in [2.24, 2.45) is 7.05 Å². The third kappa shape index (κ3) is 2.15. The Kier molecular flexibility index (Phi) is 2.97. The summed E-state index contributed by atoms with van der Waals surface area (Å²) in [6.45, 7) is 0. The molecule has 0 spiro atoms. The number of hydrogen-bond acceptors (Lipinski definition) is 3. The quantitative estimate of drug-likeness (QED) is 0.844. The van der Waals surface area contributed by atoms with Crippen molar-refractivity contribution in [1.29, 1.82) is 0 Å². The van der Waals surface area contributed by atoms with Crippen molar-refractivity contribution in [2.75, 3.05) is 17.7 Å². The first kappa shape index (κ1) is 12.0. The van der Waals surface area contributed by atoms with E-state index in [1.54, 1.807) is 49.1 Å². The van der Waals surface area contributed by atoms with Gasteiger partial charge in [-0.3, -0.25) is 4.79 Å². The van der Waals surface area contributed by atoms with Crippen molar-refractivity contribution in [3.05, 3.63) is 42.2 Å². The monoisotopic (exact) mass is 245 g/mol. The van der Waals surface area contributed by atoms with Crippen LogP contribution in [0.15, 0.2) is 36.5 Å². The summed E-state index contributed by atoms with van der Waals surface area (Å²) < 4.78 is 1.68. The number of nitrogens with two attached hydrogens (primary N) is 1. The largest absolute Gasteiger partial charge is 0.508 e. The molecule has 94 valence electrons. The summed E-state index contributed by atoms with van der Waals surface area (Å²) in [4.78, 5) is 13.7. The van der Waals surface area contributed by atoms with E-state index in [0.29, 0.717) is 17.1 Å². The van der Waals surface area contributed by atoms with Crippen LogP contribution in [0, 0.1) is 0 Å². The molecule has 0 aliphatic carbocycles. The van der Waals surface area contributed by atoms with Gasteiger partial charge in [0, 0.05) is 32.0 Å². The molecule has 1 heterocycles. The summed E-state index contributed by atoms with van der Waals surface area (Å²) in [7, 11) is 3.42. The number of aryl methyl sites for hydroxylation is 1. The summed E-state index contributed by atoms with van der Waals surface area (Å²) in [5.74, 6) is -0.0571. The van der Waals surface area contributed by atoms with Gasteiger partial charge in [0.25, 0.3) is 5.91 Å². The van der Waals surface area contributed by atoms with Crippen molar-refractivity contribution in [3.63, 3.8) is 0 Å². The van der Waals surface area contributed by atoms with Gasteiger partial charge < -0.3 is 20.3 Å². The zero-order valence-corrected chi connectivity index (χ0v) is 10.3. The molecule has 0 bridgehead atoms. The minimum absolute atomic E-state index is 0.124. The molecule has 2 aromatic rings. The van der Waals surface area contributed by atoms with Crippen LogP contribution in [0.2, 0.25) is 0 Å².